The molecule has 0 aliphatic rings. The molecule has 0 saturated carbocycles. The van der Waals surface area contributed by atoms with Gasteiger partial charge in [-0.2, -0.15) is 0 Å². The molecule has 0 bridgehead atoms. The van der Waals surface area contributed by atoms with Gasteiger partial charge >= 0.3 is 18.2 Å². The zero-order valence-corrected chi connectivity index (χ0v) is 31.0. The van der Waals surface area contributed by atoms with Crippen LogP contribution < -0.4 is 20.1 Å². The van der Waals surface area contributed by atoms with E-state index in [9.17, 15) is 19.5 Å². The molecule has 4 atom stereocenters. The van der Waals surface area contributed by atoms with Crippen LogP contribution in [0, 0.1) is 0 Å². The van der Waals surface area contributed by atoms with Crippen LogP contribution in [0.25, 0.3) is 0 Å². The molecule has 3 rings (SSSR count). The van der Waals surface area contributed by atoms with E-state index in [-0.39, 0.29) is 44.5 Å². The Balaban J connectivity index is 1.98. The molecule has 0 unspecified atom stereocenters. The van der Waals surface area contributed by atoms with Gasteiger partial charge in [0.25, 0.3) is 0 Å². The van der Waals surface area contributed by atoms with Crippen molar-refractivity contribution in [2.75, 3.05) is 27.1 Å². The van der Waals surface area contributed by atoms with Gasteiger partial charge in [0.05, 0.1) is 19.3 Å². The average molecular weight is 725 g/mol. The summed E-state index contributed by atoms with van der Waals surface area (Å²) >= 11 is 0. The summed E-state index contributed by atoms with van der Waals surface area (Å²) in [5.74, 6) is -0.362. The molecule has 0 aromatic heterocycles. The van der Waals surface area contributed by atoms with Gasteiger partial charge < -0.3 is 48.9 Å². The number of nitrogens with one attached hydrogen (secondary N) is 2. The third-order valence-corrected chi connectivity index (χ3v) is 7.85. The molecule has 284 valence electrons. The molecule has 0 spiro atoms. The van der Waals surface area contributed by atoms with Crippen molar-refractivity contribution in [3.63, 3.8) is 0 Å². The highest BCUT2D eigenvalue weighted by Gasteiger charge is 2.39. The van der Waals surface area contributed by atoms with Gasteiger partial charge in [-0.15, -0.1) is 0 Å². The maximum Gasteiger partial charge on any atom is 0.408 e. The lowest BCUT2D eigenvalue weighted by atomic mass is 9.93. The second-order valence-electron chi connectivity index (χ2n) is 13.1. The number of aliphatic hydroxyl groups is 1. The Bertz CT molecular complexity index is 1550. The van der Waals surface area contributed by atoms with Gasteiger partial charge in [-0.3, -0.25) is 0 Å². The number of ether oxygens (including phenoxy) is 7. The molecule has 3 aromatic carbocycles. The number of rotatable bonds is 19. The van der Waals surface area contributed by atoms with E-state index in [0.717, 1.165) is 11.1 Å². The van der Waals surface area contributed by atoms with Crippen molar-refractivity contribution in [1.82, 2.24) is 10.6 Å². The standard InChI is InChI=1S/C39H52N2O11/c1-8-39(6,32(25-47-26-46-7)40-37(45)52-38(3,4)5)51-31-22-29(20-21-30(31)49-23-27-16-12-10-13-17-27)34(42)33(35(43)48-9-2)41-36(44)50-24-28-18-14-11-15-19-28/h10-22,32-34,42H,8-9,23-26H2,1-7H3,(H,40,45)(H,41,44)/t32-,33+,34-,39-/m1/s1. The lowest BCUT2D eigenvalue weighted by Gasteiger charge is -2.38. The molecule has 0 radical (unpaired) electrons. The molecule has 2 amide bonds. The van der Waals surface area contributed by atoms with Crippen LogP contribution in [0.15, 0.2) is 78.9 Å². The number of amides is 2. The number of carbonyl (C=O) groups excluding carboxylic acids is 3. The van der Waals surface area contributed by atoms with Crippen molar-refractivity contribution < 1.29 is 52.6 Å². The summed E-state index contributed by atoms with van der Waals surface area (Å²) < 4.78 is 39.7. The zero-order valence-electron chi connectivity index (χ0n) is 31.0. The SMILES string of the molecule is CCOC(=O)[C@@H](NC(=O)OCc1ccccc1)[C@H](O)c1ccc(OCc2ccccc2)c(O[C@](C)(CC)[C@@H](COCOC)NC(=O)OC(C)(C)C)c1. The summed E-state index contributed by atoms with van der Waals surface area (Å²) in [4.78, 5) is 38.9. The van der Waals surface area contributed by atoms with Crippen molar-refractivity contribution in [3.05, 3.63) is 95.6 Å². The first kappa shape index (κ1) is 41.6. The van der Waals surface area contributed by atoms with Crippen molar-refractivity contribution >= 4 is 18.2 Å². The molecule has 13 nitrogen and oxygen atoms in total. The Morgan fingerprint density at radius 3 is 2.00 bits per heavy atom. The molecule has 0 aliphatic carbocycles. The van der Waals surface area contributed by atoms with E-state index in [2.05, 4.69) is 10.6 Å². The number of aliphatic hydroxyl groups excluding tert-OH is 1. The largest absolute Gasteiger partial charge is 0.485 e. The van der Waals surface area contributed by atoms with Gasteiger partial charge in [-0.1, -0.05) is 73.7 Å². The third-order valence-electron chi connectivity index (χ3n) is 7.85. The summed E-state index contributed by atoms with van der Waals surface area (Å²) in [5, 5.41) is 16.9. The maximum absolute atomic E-state index is 13.1. The molecular formula is C39H52N2O11. The highest BCUT2D eigenvalue weighted by Crippen LogP contribution is 2.37. The zero-order chi connectivity index (χ0) is 38.1. The van der Waals surface area contributed by atoms with E-state index in [4.69, 9.17) is 33.2 Å². The number of carbonyl (C=O) groups is 3. The minimum Gasteiger partial charge on any atom is -0.485 e. The van der Waals surface area contributed by atoms with Crippen LogP contribution in [0.2, 0.25) is 0 Å². The fourth-order valence-electron chi connectivity index (χ4n) is 4.94. The Kier molecular flexibility index (Phi) is 16.2. The molecule has 0 saturated heterocycles. The number of hydrogen-bond donors (Lipinski definition) is 3. The number of hydrogen-bond acceptors (Lipinski definition) is 11. The van der Waals surface area contributed by atoms with Crippen LogP contribution in [0.5, 0.6) is 11.5 Å². The van der Waals surface area contributed by atoms with Crippen molar-refractivity contribution in [2.45, 2.75) is 90.6 Å². The van der Waals surface area contributed by atoms with Crippen molar-refractivity contribution in [2.24, 2.45) is 0 Å². The van der Waals surface area contributed by atoms with E-state index in [0.29, 0.717) is 12.2 Å². The van der Waals surface area contributed by atoms with Crippen LogP contribution in [0.3, 0.4) is 0 Å². The topological polar surface area (TPSA) is 160 Å². The van der Waals surface area contributed by atoms with E-state index in [1.807, 2.05) is 43.3 Å². The van der Waals surface area contributed by atoms with E-state index in [1.54, 1.807) is 71.0 Å². The first-order chi connectivity index (χ1) is 24.8. The summed E-state index contributed by atoms with van der Waals surface area (Å²) in [6, 6.07) is 20.9. The lowest BCUT2D eigenvalue weighted by Crippen LogP contribution is -2.57. The minimum absolute atomic E-state index is 0.000109. The Hall–Kier alpha value is -4.85. The van der Waals surface area contributed by atoms with Gasteiger partial charge in [-0.25, -0.2) is 14.4 Å². The first-order valence-corrected chi connectivity index (χ1v) is 17.2. The molecule has 0 heterocycles. The maximum atomic E-state index is 13.1. The fourth-order valence-corrected chi connectivity index (χ4v) is 4.94. The average Bonchev–Trinajstić information content (AvgIpc) is 3.12. The molecule has 0 fully saturated rings. The Morgan fingerprint density at radius 1 is 0.788 bits per heavy atom. The van der Waals surface area contributed by atoms with Gasteiger partial charge in [0.1, 0.15) is 37.3 Å². The number of methoxy groups -OCH3 is 1. The number of benzene rings is 3. The van der Waals surface area contributed by atoms with Crippen molar-refractivity contribution in [1.29, 1.82) is 0 Å². The van der Waals surface area contributed by atoms with Gasteiger partial charge in [0.15, 0.2) is 17.5 Å². The Morgan fingerprint density at radius 2 is 1.42 bits per heavy atom. The second kappa shape index (κ2) is 20.3. The highest BCUT2D eigenvalue weighted by molar-refractivity contribution is 5.82. The smallest absolute Gasteiger partial charge is 0.408 e. The first-order valence-electron chi connectivity index (χ1n) is 17.2. The Labute approximate surface area is 305 Å². The van der Waals surface area contributed by atoms with E-state index < -0.39 is 47.5 Å². The molecule has 3 aromatic rings. The van der Waals surface area contributed by atoms with Crippen LogP contribution in [0.4, 0.5) is 9.59 Å². The fraction of sp³-hybridized carbons (Fsp3) is 0.462. The van der Waals surface area contributed by atoms with Gasteiger partial charge in [0.2, 0.25) is 0 Å². The third kappa shape index (κ3) is 13.4. The van der Waals surface area contributed by atoms with E-state index in [1.165, 1.54) is 13.2 Å². The molecule has 13 heteroatoms. The van der Waals surface area contributed by atoms with Crippen LogP contribution in [-0.4, -0.2) is 73.7 Å². The molecule has 0 aliphatic heterocycles. The van der Waals surface area contributed by atoms with Crippen LogP contribution >= 0.6 is 0 Å². The van der Waals surface area contributed by atoms with Crippen LogP contribution in [0.1, 0.15) is 70.8 Å². The lowest BCUT2D eigenvalue weighted by molar-refractivity contribution is -0.148. The highest BCUT2D eigenvalue weighted by atomic mass is 16.7. The van der Waals surface area contributed by atoms with Crippen LogP contribution in [-0.2, 0) is 41.7 Å². The van der Waals surface area contributed by atoms with Crippen molar-refractivity contribution in [3.8, 4) is 11.5 Å². The summed E-state index contributed by atoms with van der Waals surface area (Å²) in [6.07, 6.45) is -2.82. The number of esters is 1. The van der Waals surface area contributed by atoms with Gasteiger partial charge in [0, 0.05) is 7.11 Å². The molecule has 3 N–H and O–H groups in total. The summed E-state index contributed by atoms with van der Waals surface area (Å²) in [5.41, 5.74) is -0.0572. The predicted molar refractivity (Wildman–Crippen MR) is 193 cm³/mol. The van der Waals surface area contributed by atoms with Gasteiger partial charge in [-0.05, 0) is 69.9 Å². The summed E-state index contributed by atoms with van der Waals surface area (Å²) in [6.45, 7) is 10.7. The molecule has 52 heavy (non-hydrogen) atoms. The molecular weight excluding hydrogens is 672 g/mol. The number of alkyl carbamates (subject to hydrolysis) is 2. The normalized spacial score (nSPS) is 14.2. The van der Waals surface area contributed by atoms with E-state index >= 15 is 0 Å². The monoisotopic (exact) mass is 724 g/mol. The second-order valence-corrected chi connectivity index (χ2v) is 13.1. The predicted octanol–water partition coefficient (Wildman–Crippen LogP) is 6.22. The summed E-state index contributed by atoms with van der Waals surface area (Å²) in [7, 11) is 1.49. The quantitative estimate of drug-likeness (QED) is 0.0558. The minimum atomic E-state index is -1.59.